The number of nitrogens with zero attached hydrogens (tertiary/aromatic N) is 1. The van der Waals surface area contributed by atoms with Crippen molar-refractivity contribution in [2.45, 2.75) is 13.0 Å². The van der Waals surface area contributed by atoms with Crippen molar-refractivity contribution in [2.24, 2.45) is 0 Å². The van der Waals surface area contributed by atoms with Gasteiger partial charge in [-0.3, -0.25) is 10.1 Å². The fourth-order valence-electron chi connectivity index (χ4n) is 1.71. The summed E-state index contributed by atoms with van der Waals surface area (Å²) in [5.74, 6) is 0.280. The van der Waals surface area contributed by atoms with Gasteiger partial charge in [-0.1, -0.05) is 6.92 Å². The SMILES string of the molecule is CCNC(c1ccc([N+](=O)[O-])o1)c1cc(Br)sc1Br. The predicted octanol–water partition coefficient (Wildman–Crippen LogP) is 4.47. The molecule has 2 aromatic rings. The molecule has 0 aliphatic heterocycles. The Bertz CT molecular complexity index is 597. The van der Waals surface area contributed by atoms with Gasteiger partial charge in [0.2, 0.25) is 0 Å². The number of hydrogen-bond donors (Lipinski definition) is 1. The molecule has 2 rings (SSSR count). The first kappa shape index (κ1) is 14.7. The summed E-state index contributed by atoms with van der Waals surface area (Å²) in [6, 6.07) is 4.75. The number of rotatable bonds is 5. The standard InChI is InChI=1S/C11H10Br2N2O3S/c1-2-14-10(6-5-8(12)19-11(6)13)7-3-4-9(18-7)15(16)17/h3-5,10,14H,2H2,1H3. The Hall–Kier alpha value is -0.700. The first-order valence-electron chi connectivity index (χ1n) is 5.45. The van der Waals surface area contributed by atoms with E-state index in [1.54, 1.807) is 17.4 Å². The van der Waals surface area contributed by atoms with Gasteiger partial charge in [-0.15, -0.1) is 11.3 Å². The van der Waals surface area contributed by atoms with Crippen LogP contribution in [0.4, 0.5) is 5.88 Å². The van der Waals surface area contributed by atoms with Gasteiger partial charge in [0, 0.05) is 5.56 Å². The summed E-state index contributed by atoms with van der Waals surface area (Å²) in [5, 5.41) is 13.9. The molecule has 0 radical (unpaired) electrons. The molecule has 0 bridgehead atoms. The normalized spacial score (nSPS) is 12.6. The summed E-state index contributed by atoms with van der Waals surface area (Å²) >= 11 is 8.47. The van der Waals surface area contributed by atoms with Crippen LogP contribution in [0.2, 0.25) is 0 Å². The summed E-state index contributed by atoms with van der Waals surface area (Å²) in [6.07, 6.45) is 0. The Balaban J connectivity index is 2.39. The van der Waals surface area contributed by atoms with Crippen LogP contribution in [-0.4, -0.2) is 11.5 Å². The van der Waals surface area contributed by atoms with E-state index in [1.807, 2.05) is 13.0 Å². The van der Waals surface area contributed by atoms with Crippen LogP contribution in [0.1, 0.15) is 24.3 Å². The van der Waals surface area contributed by atoms with Crippen LogP contribution in [0.3, 0.4) is 0 Å². The molecule has 0 fully saturated rings. The molecule has 0 aliphatic carbocycles. The number of hydrogen-bond acceptors (Lipinski definition) is 5. The molecule has 0 amide bonds. The second kappa shape index (κ2) is 6.17. The molecule has 0 aromatic carbocycles. The number of furan rings is 1. The minimum atomic E-state index is -0.537. The lowest BCUT2D eigenvalue weighted by Crippen LogP contribution is -2.21. The van der Waals surface area contributed by atoms with E-state index < -0.39 is 4.92 Å². The van der Waals surface area contributed by atoms with Crippen molar-refractivity contribution in [3.63, 3.8) is 0 Å². The molecule has 2 heterocycles. The second-order valence-electron chi connectivity index (χ2n) is 3.70. The zero-order valence-corrected chi connectivity index (χ0v) is 13.8. The highest BCUT2D eigenvalue weighted by atomic mass is 79.9. The molecule has 1 N–H and O–H groups in total. The third-order valence-corrected chi connectivity index (χ3v) is 4.87. The molecule has 8 heteroatoms. The van der Waals surface area contributed by atoms with E-state index in [-0.39, 0.29) is 11.9 Å². The van der Waals surface area contributed by atoms with Gasteiger partial charge < -0.3 is 9.73 Å². The van der Waals surface area contributed by atoms with Crippen LogP contribution in [0.25, 0.3) is 0 Å². The maximum Gasteiger partial charge on any atom is 0.433 e. The smallest absolute Gasteiger partial charge is 0.404 e. The van der Waals surface area contributed by atoms with Gasteiger partial charge in [-0.05, 0) is 50.5 Å². The topological polar surface area (TPSA) is 68.3 Å². The zero-order valence-electron chi connectivity index (χ0n) is 9.85. The molecule has 0 spiro atoms. The van der Waals surface area contributed by atoms with Crippen molar-refractivity contribution >= 4 is 49.1 Å². The molecule has 0 saturated heterocycles. The largest absolute Gasteiger partial charge is 0.433 e. The van der Waals surface area contributed by atoms with Crippen molar-refractivity contribution in [1.29, 1.82) is 0 Å². The predicted molar refractivity (Wildman–Crippen MR) is 80.6 cm³/mol. The highest BCUT2D eigenvalue weighted by molar-refractivity contribution is 9.12. The first-order chi connectivity index (χ1) is 9.02. The van der Waals surface area contributed by atoms with E-state index >= 15 is 0 Å². The molecular weight excluding hydrogens is 400 g/mol. The molecule has 1 unspecified atom stereocenters. The van der Waals surface area contributed by atoms with E-state index in [0.717, 1.165) is 19.7 Å². The van der Waals surface area contributed by atoms with Crippen molar-refractivity contribution < 1.29 is 9.34 Å². The fourth-order valence-corrected chi connectivity index (χ4v) is 4.62. The Kier molecular flexibility index (Phi) is 4.77. The Morgan fingerprint density at radius 3 is 2.74 bits per heavy atom. The van der Waals surface area contributed by atoms with Gasteiger partial charge in [0.25, 0.3) is 0 Å². The number of thiophene rings is 1. The highest BCUT2D eigenvalue weighted by Crippen LogP contribution is 2.38. The van der Waals surface area contributed by atoms with Gasteiger partial charge in [0.15, 0.2) is 0 Å². The lowest BCUT2D eigenvalue weighted by molar-refractivity contribution is -0.402. The Labute approximate surface area is 130 Å². The zero-order chi connectivity index (χ0) is 14.0. The molecule has 102 valence electrons. The Morgan fingerprint density at radius 2 is 2.26 bits per heavy atom. The van der Waals surface area contributed by atoms with Crippen molar-refractivity contribution in [3.05, 3.63) is 47.2 Å². The van der Waals surface area contributed by atoms with E-state index in [4.69, 9.17) is 4.42 Å². The number of halogens is 2. The number of nitro groups is 1. The van der Waals surface area contributed by atoms with E-state index in [2.05, 4.69) is 37.2 Å². The third kappa shape index (κ3) is 3.25. The maximum absolute atomic E-state index is 10.7. The minimum Gasteiger partial charge on any atom is -0.404 e. The molecule has 1 atom stereocenters. The summed E-state index contributed by atoms with van der Waals surface area (Å²) < 4.78 is 7.23. The molecule has 5 nitrogen and oxygen atoms in total. The van der Waals surface area contributed by atoms with Crippen LogP contribution in [0.15, 0.2) is 30.2 Å². The Morgan fingerprint density at radius 1 is 1.53 bits per heavy atom. The van der Waals surface area contributed by atoms with Crippen LogP contribution in [0, 0.1) is 10.1 Å². The first-order valence-corrected chi connectivity index (χ1v) is 7.85. The number of nitrogens with one attached hydrogen (secondary N) is 1. The minimum absolute atomic E-state index is 0.212. The third-order valence-electron chi connectivity index (χ3n) is 2.48. The van der Waals surface area contributed by atoms with Crippen molar-refractivity contribution in [2.75, 3.05) is 6.54 Å². The van der Waals surface area contributed by atoms with E-state index in [9.17, 15) is 10.1 Å². The van der Waals surface area contributed by atoms with Crippen molar-refractivity contribution in [3.8, 4) is 0 Å². The molecule has 0 saturated carbocycles. The summed E-state index contributed by atoms with van der Waals surface area (Å²) in [4.78, 5) is 10.1. The lowest BCUT2D eigenvalue weighted by atomic mass is 10.1. The van der Waals surface area contributed by atoms with E-state index in [1.165, 1.54) is 6.07 Å². The molecule has 19 heavy (non-hydrogen) atoms. The van der Waals surface area contributed by atoms with Gasteiger partial charge in [-0.25, -0.2) is 0 Å². The average Bonchev–Trinajstić information content (AvgIpc) is 2.93. The highest BCUT2D eigenvalue weighted by Gasteiger charge is 2.23. The van der Waals surface area contributed by atoms with Crippen LogP contribution in [-0.2, 0) is 0 Å². The average molecular weight is 410 g/mol. The van der Waals surface area contributed by atoms with Gasteiger partial charge >= 0.3 is 5.88 Å². The maximum atomic E-state index is 10.7. The summed E-state index contributed by atoms with van der Waals surface area (Å²) in [6.45, 7) is 2.69. The van der Waals surface area contributed by atoms with Gasteiger partial charge in [0.1, 0.15) is 10.7 Å². The van der Waals surface area contributed by atoms with Crippen LogP contribution < -0.4 is 5.32 Å². The van der Waals surface area contributed by atoms with Gasteiger partial charge in [0.05, 0.1) is 19.7 Å². The van der Waals surface area contributed by atoms with Crippen molar-refractivity contribution in [1.82, 2.24) is 5.32 Å². The molecule has 0 aliphatic rings. The summed E-state index contributed by atoms with van der Waals surface area (Å²) in [5.41, 5.74) is 0.989. The van der Waals surface area contributed by atoms with Crippen LogP contribution >= 0.6 is 43.2 Å². The fraction of sp³-hybridized carbons (Fsp3) is 0.273. The van der Waals surface area contributed by atoms with Crippen LogP contribution in [0.5, 0.6) is 0 Å². The quantitative estimate of drug-likeness (QED) is 0.584. The van der Waals surface area contributed by atoms with E-state index in [0.29, 0.717) is 5.76 Å². The van der Waals surface area contributed by atoms with Gasteiger partial charge in [-0.2, -0.15) is 0 Å². The monoisotopic (exact) mass is 408 g/mol. The summed E-state index contributed by atoms with van der Waals surface area (Å²) in [7, 11) is 0. The second-order valence-corrected chi connectivity index (χ2v) is 7.45. The molecule has 2 aromatic heterocycles. The lowest BCUT2D eigenvalue weighted by Gasteiger charge is -2.14. The molecular formula is C11H10Br2N2O3S.